The van der Waals surface area contributed by atoms with E-state index >= 15 is 0 Å². The van der Waals surface area contributed by atoms with Crippen molar-refractivity contribution < 1.29 is 8.42 Å². The Morgan fingerprint density at radius 1 is 1.47 bits per heavy atom. The first-order valence-electron chi connectivity index (χ1n) is 4.85. The molecule has 4 nitrogen and oxygen atoms in total. The predicted molar refractivity (Wildman–Crippen MR) is 75.0 cm³/mol. The Balaban J connectivity index is 0.00000256. The number of nitrogens with one attached hydrogen (secondary N) is 1. The Morgan fingerprint density at radius 3 is 2.53 bits per heavy atom. The van der Waals surface area contributed by atoms with Crippen LogP contribution in [0.1, 0.15) is 12.5 Å². The second-order valence-electron chi connectivity index (χ2n) is 3.67. The summed E-state index contributed by atoms with van der Waals surface area (Å²) in [5.41, 5.74) is 6.09. The molecule has 1 aromatic carbocycles. The van der Waals surface area contributed by atoms with Gasteiger partial charge < -0.3 is 5.73 Å². The number of halogens is 2. The van der Waals surface area contributed by atoms with Crippen LogP contribution >= 0.6 is 28.3 Å². The van der Waals surface area contributed by atoms with Crippen molar-refractivity contribution in [2.24, 2.45) is 5.73 Å². The van der Waals surface area contributed by atoms with Gasteiger partial charge in [-0.05, 0) is 37.6 Å². The van der Waals surface area contributed by atoms with Crippen molar-refractivity contribution in [3.05, 3.63) is 28.2 Å². The molecule has 98 valence electrons. The summed E-state index contributed by atoms with van der Waals surface area (Å²) in [6.07, 6.45) is 0. The van der Waals surface area contributed by atoms with Gasteiger partial charge in [-0.1, -0.05) is 15.9 Å². The van der Waals surface area contributed by atoms with Gasteiger partial charge in [-0.15, -0.1) is 12.4 Å². The van der Waals surface area contributed by atoms with Gasteiger partial charge >= 0.3 is 0 Å². The monoisotopic (exact) mass is 342 g/mol. The summed E-state index contributed by atoms with van der Waals surface area (Å²) < 4.78 is 27.3. The largest absolute Gasteiger partial charge is 0.329 e. The molecule has 0 heterocycles. The lowest BCUT2D eigenvalue weighted by Gasteiger charge is -2.13. The van der Waals surface area contributed by atoms with E-state index < -0.39 is 10.0 Å². The molecule has 0 aromatic heterocycles. The normalized spacial score (nSPS) is 12.9. The van der Waals surface area contributed by atoms with Crippen LogP contribution in [-0.2, 0) is 10.0 Å². The summed E-state index contributed by atoms with van der Waals surface area (Å²) in [6.45, 7) is 3.76. The quantitative estimate of drug-likeness (QED) is 0.875. The average Bonchev–Trinajstić information content (AvgIpc) is 2.16. The van der Waals surface area contributed by atoms with Crippen LogP contribution in [0.5, 0.6) is 0 Å². The smallest absolute Gasteiger partial charge is 0.241 e. The molecule has 0 radical (unpaired) electrons. The molecule has 0 unspecified atom stereocenters. The Hall–Kier alpha value is -0.140. The fourth-order valence-electron chi connectivity index (χ4n) is 1.29. The topological polar surface area (TPSA) is 72.2 Å². The molecule has 0 aliphatic rings. The lowest BCUT2D eigenvalue weighted by molar-refractivity contribution is 0.562. The highest BCUT2D eigenvalue weighted by atomic mass is 79.9. The van der Waals surface area contributed by atoms with Gasteiger partial charge in [0.1, 0.15) is 0 Å². The van der Waals surface area contributed by atoms with Crippen molar-refractivity contribution in [1.29, 1.82) is 0 Å². The van der Waals surface area contributed by atoms with Crippen LogP contribution in [-0.4, -0.2) is 21.0 Å². The van der Waals surface area contributed by atoms with E-state index in [4.69, 9.17) is 5.73 Å². The maximum absolute atomic E-state index is 12.0. The minimum Gasteiger partial charge on any atom is -0.329 e. The second kappa shape index (κ2) is 6.70. The Kier molecular flexibility index (Phi) is 6.65. The van der Waals surface area contributed by atoms with Crippen molar-refractivity contribution in [2.75, 3.05) is 6.54 Å². The molecule has 1 rings (SSSR count). The van der Waals surface area contributed by atoms with E-state index in [9.17, 15) is 8.42 Å². The number of rotatable bonds is 4. The summed E-state index contributed by atoms with van der Waals surface area (Å²) in [7, 11) is -3.47. The number of sulfonamides is 1. The molecule has 0 fully saturated rings. The Bertz CT molecular complexity index is 479. The van der Waals surface area contributed by atoms with Crippen molar-refractivity contribution in [3.63, 3.8) is 0 Å². The summed E-state index contributed by atoms with van der Waals surface area (Å²) in [5, 5.41) is 0. The van der Waals surface area contributed by atoms with Crippen LogP contribution in [0.2, 0.25) is 0 Å². The summed E-state index contributed by atoms with van der Waals surface area (Å²) in [5.74, 6) is 0. The van der Waals surface area contributed by atoms with Gasteiger partial charge in [0, 0.05) is 17.1 Å². The second-order valence-corrected chi connectivity index (χ2v) is 6.27. The van der Waals surface area contributed by atoms with Gasteiger partial charge in [0.2, 0.25) is 10.0 Å². The summed E-state index contributed by atoms with van der Waals surface area (Å²) in [6, 6.07) is 4.77. The van der Waals surface area contributed by atoms with E-state index in [1.165, 1.54) is 0 Å². The van der Waals surface area contributed by atoms with Gasteiger partial charge in [-0.2, -0.15) is 0 Å². The van der Waals surface area contributed by atoms with Crippen LogP contribution in [0.25, 0.3) is 0 Å². The van der Waals surface area contributed by atoms with E-state index in [0.29, 0.717) is 5.56 Å². The zero-order chi connectivity index (χ0) is 12.3. The third-order valence-corrected chi connectivity index (χ3v) is 4.38. The van der Waals surface area contributed by atoms with E-state index in [2.05, 4.69) is 20.7 Å². The first-order chi connectivity index (χ1) is 7.36. The van der Waals surface area contributed by atoms with E-state index in [1.807, 2.05) is 0 Å². The lowest BCUT2D eigenvalue weighted by atomic mass is 10.2. The molecule has 0 aliphatic carbocycles. The highest BCUT2D eigenvalue weighted by Crippen LogP contribution is 2.19. The molecule has 0 saturated carbocycles. The number of benzene rings is 1. The van der Waals surface area contributed by atoms with Gasteiger partial charge in [-0.3, -0.25) is 0 Å². The summed E-state index contributed by atoms with van der Waals surface area (Å²) in [4.78, 5) is 0.288. The molecule has 0 saturated heterocycles. The zero-order valence-corrected chi connectivity index (χ0v) is 12.8. The molecule has 7 heteroatoms. The lowest BCUT2D eigenvalue weighted by Crippen LogP contribution is -2.38. The molecule has 3 N–H and O–H groups in total. The van der Waals surface area contributed by atoms with Gasteiger partial charge in [-0.25, -0.2) is 13.1 Å². The van der Waals surface area contributed by atoms with Crippen LogP contribution < -0.4 is 10.5 Å². The van der Waals surface area contributed by atoms with Gasteiger partial charge in [0.15, 0.2) is 0 Å². The maximum atomic E-state index is 12.0. The van der Waals surface area contributed by atoms with Crippen molar-refractivity contribution in [2.45, 2.75) is 24.8 Å². The van der Waals surface area contributed by atoms with Crippen LogP contribution in [0.15, 0.2) is 27.6 Å². The van der Waals surface area contributed by atoms with E-state index in [-0.39, 0.29) is 29.9 Å². The Labute approximate surface area is 117 Å². The minimum absolute atomic E-state index is 0. The molecule has 17 heavy (non-hydrogen) atoms. The van der Waals surface area contributed by atoms with Crippen molar-refractivity contribution in [3.8, 4) is 0 Å². The average molecular weight is 344 g/mol. The predicted octanol–water partition coefficient (Wildman–Crippen LogP) is 1.80. The van der Waals surface area contributed by atoms with Crippen molar-refractivity contribution >= 4 is 38.4 Å². The standard InChI is InChI=1S/C10H15BrN2O2S.ClH/c1-7-5-9(11)3-4-10(7)16(14,15)13-8(2)6-12;/h3-5,8,13H,6,12H2,1-2H3;1H/t8-;/m0./s1. The molecular weight excluding hydrogens is 328 g/mol. The summed E-state index contributed by atoms with van der Waals surface area (Å²) >= 11 is 3.29. The Morgan fingerprint density at radius 2 is 2.06 bits per heavy atom. The number of aryl methyl sites for hydroxylation is 1. The number of hydrogen-bond donors (Lipinski definition) is 2. The number of nitrogens with two attached hydrogens (primary N) is 1. The van der Waals surface area contributed by atoms with E-state index in [0.717, 1.165) is 4.47 Å². The van der Waals surface area contributed by atoms with E-state index in [1.54, 1.807) is 32.0 Å². The molecule has 1 atom stereocenters. The molecule has 0 spiro atoms. The molecule has 0 amide bonds. The van der Waals surface area contributed by atoms with Gasteiger partial charge in [0.05, 0.1) is 4.90 Å². The highest BCUT2D eigenvalue weighted by molar-refractivity contribution is 9.10. The minimum atomic E-state index is -3.47. The fraction of sp³-hybridized carbons (Fsp3) is 0.400. The molecule has 0 bridgehead atoms. The fourth-order valence-corrected chi connectivity index (χ4v) is 3.25. The SMILES string of the molecule is Cc1cc(Br)ccc1S(=O)(=O)N[C@@H](C)CN.Cl. The van der Waals surface area contributed by atoms with Crippen LogP contribution in [0, 0.1) is 6.92 Å². The third-order valence-electron chi connectivity index (χ3n) is 2.14. The zero-order valence-electron chi connectivity index (χ0n) is 9.60. The van der Waals surface area contributed by atoms with Crippen LogP contribution in [0.4, 0.5) is 0 Å². The highest BCUT2D eigenvalue weighted by Gasteiger charge is 2.18. The van der Waals surface area contributed by atoms with Crippen molar-refractivity contribution in [1.82, 2.24) is 4.72 Å². The van der Waals surface area contributed by atoms with Crippen LogP contribution in [0.3, 0.4) is 0 Å². The molecule has 0 aliphatic heterocycles. The number of hydrogen-bond acceptors (Lipinski definition) is 3. The first kappa shape index (κ1) is 16.9. The molecular formula is C10H16BrClN2O2S. The van der Waals surface area contributed by atoms with Gasteiger partial charge in [0.25, 0.3) is 0 Å². The molecule has 1 aromatic rings. The maximum Gasteiger partial charge on any atom is 0.241 e. The third kappa shape index (κ3) is 4.56. The first-order valence-corrected chi connectivity index (χ1v) is 7.13.